The molecule has 0 aliphatic carbocycles. The van der Waals surface area contributed by atoms with Crippen molar-refractivity contribution in [1.82, 2.24) is 10.2 Å². The predicted octanol–water partition coefficient (Wildman–Crippen LogP) is 0.916. The van der Waals surface area contributed by atoms with Gasteiger partial charge in [-0.3, -0.25) is 4.79 Å². The summed E-state index contributed by atoms with van der Waals surface area (Å²) >= 11 is 0. The first-order chi connectivity index (χ1) is 5.29. The Labute approximate surface area is 76.0 Å². The van der Waals surface area contributed by atoms with Gasteiger partial charge in [-0.05, 0) is 12.1 Å². The van der Waals surface area contributed by atoms with E-state index in [1.54, 1.807) is 18.3 Å². The average Bonchev–Trinajstić information content (AvgIpc) is 2.03. The maximum atomic E-state index is 10.1. The number of rotatable bonds is 3. The lowest BCUT2D eigenvalue weighted by atomic mass is 10.2. The Morgan fingerprint density at radius 2 is 2.33 bits per heavy atom. The van der Waals surface area contributed by atoms with Crippen LogP contribution >= 0.6 is 12.4 Å². The summed E-state index contributed by atoms with van der Waals surface area (Å²) in [5.74, 6) is -0.810. The van der Waals surface area contributed by atoms with Crippen LogP contribution in [-0.4, -0.2) is 21.3 Å². The van der Waals surface area contributed by atoms with Crippen LogP contribution in [0.3, 0.4) is 0 Å². The topological polar surface area (TPSA) is 63.1 Å². The molecule has 1 rings (SSSR count). The number of aliphatic carboxylic acids is 1. The van der Waals surface area contributed by atoms with Gasteiger partial charge in [-0.2, -0.15) is 10.2 Å². The second kappa shape index (κ2) is 5.49. The molecule has 1 aromatic heterocycles. The molecule has 0 fully saturated rings. The third-order valence-corrected chi connectivity index (χ3v) is 1.22. The van der Waals surface area contributed by atoms with Crippen molar-refractivity contribution in [1.29, 1.82) is 0 Å². The summed E-state index contributed by atoms with van der Waals surface area (Å²) in [5.41, 5.74) is 0.718. The first-order valence-corrected chi connectivity index (χ1v) is 3.27. The minimum atomic E-state index is -0.810. The van der Waals surface area contributed by atoms with Crippen LogP contribution in [0.1, 0.15) is 12.1 Å². The molecule has 1 aromatic rings. The third kappa shape index (κ3) is 3.88. The smallest absolute Gasteiger partial charge is 0.303 e. The van der Waals surface area contributed by atoms with Crippen molar-refractivity contribution < 1.29 is 9.90 Å². The summed E-state index contributed by atoms with van der Waals surface area (Å²) in [4.78, 5) is 10.1. The number of hydrogen-bond donors (Lipinski definition) is 1. The van der Waals surface area contributed by atoms with Crippen molar-refractivity contribution in [3.05, 3.63) is 24.0 Å². The number of nitrogens with zero attached hydrogens (tertiary/aromatic N) is 2. The first-order valence-electron chi connectivity index (χ1n) is 3.27. The molecule has 1 N–H and O–H groups in total. The summed E-state index contributed by atoms with van der Waals surface area (Å²) in [6, 6.07) is 3.50. The SMILES string of the molecule is Cl.O=C(O)CCc1cccnn1. The Morgan fingerprint density at radius 3 is 2.83 bits per heavy atom. The van der Waals surface area contributed by atoms with E-state index in [0.717, 1.165) is 5.69 Å². The fraction of sp³-hybridized carbons (Fsp3) is 0.286. The van der Waals surface area contributed by atoms with Gasteiger partial charge in [-0.1, -0.05) is 0 Å². The number of carboxylic acid groups (broad SMARTS) is 1. The third-order valence-electron chi connectivity index (χ3n) is 1.22. The molecule has 0 aromatic carbocycles. The summed E-state index contributed by atoms with van der Waals surface area (Å²) in [7, 11) is 0. The molecule has 5 heteroatoms. The van der Waals surface area contributed by atoms with Crippen LogP contribution < -0.4 is 0 Å². The van der Waals surface area contributed by atoms with E-state index in [0.29, 0.717) is 6.42 Å². The highest BCUT2D eigenvalue weighted by molar-refractivity contribution is 5.85. The normalized spacial score (nSPS) is 8.67. The van der Waals surface area contributed by atoms with Crippen molar-refractivity contribution in [3.8, 4) is 0 Å². The molecule has 1 heterocycles. The molecule has 0 aliphatic rings. The Hall–Kier alpha value is -1.16. The molecule has 0 radical (unpaired) electrons. The molecule has 0 amide bonds. The molecular weight excluding hydrogens is 180 g/mol. The maximum Gasteiger partial charge on any atom is 0.303 e. The van der Waals surface area contributed by atoms with Crippen molar-refractivity contribution >= 4 is 18.4 Å². The maximum absolute atomic E-state index is 10.1. The molecule has 66 valence electrons. The molecule has 0 spiro atoms. The van der Waals surface area contributed by atoms with E-state index in [1.165, 1.54) is 0 Å². The molecule has 12 heavy (non-hydrogen) atoms. The van der Waals surface area contributed by atoms with Crippen LogP contribution in [-0.2, 0) is 11.2 Å². The number of aromatic nitrogens is 2. The van der Waals surface area contributed by atoms with Gasteiger partial charge < -0.3 is 5.11 Å². The molecule has 0 saturated heterocycles. The summed E-state index contributed by atoms with van der Waals surface area (Å²) in [5, 5.41) is 15.7. The van der Waals surface area contributed by atoms with Crippen molar-refractivity contribution in [2.45, 2.75) is 12.8 Å². The molecule has 0 saturated carbocycles. The Bertz CT molecular complexity index is 240. The van der Waals surface area contributed by atoms with Crippen LogP contribution in [0.5, 0.6) is 0 Å². The molecule has 0 atom stereocenters. The fourth-order valence-electron chi connectivity index (χ4n) is 0.702. The highest BCUT2D eigenvalue weighted by atomic mass is 35.5. The average molecular weight is 189 g/mol. The molecule has 0 bridgehead atoms. The van der Waals surface area contributed by atoms with Crippen molar-refractivity contribution in [2.75, 3.05) is 0 Å². The number of hydrogen-bond acceptors (Lipinski definition) is 3. The van der Waals surface area contributed by atoms with Gasteiger partial charge in [0.25, 0.3) is 0 Å². The van der Waals surface area contributed by atoms with E-state index in [1.807, 2.05) is 0 Å². The summed E-state index contributed by atoms with van der Waals surface area (Å²) in [6.07, 6.45) is 2.12. The van der Waals surface area contributed by atoms with Gasteiger partial charge in [-0.15, -0.1) is 12.4 Å². The minimum Gasteiger partial charge on any atom is -0.481 e. The lowest BCUT2D eigenvalue weighted by molar-refractivity contribution is -0.136. The predicted molar refractivity (Wildman–Crippen MR) is 45.2 cm³/mol. The lowest BCUT2D eigenvalue weighted by Gasteiger charge is -1.93. The monoisotopic (exact) mass is 188 g/mol. The van der Waals surface area contributed by atoms with Gasteiger partial charge >= 0.3 is 5.97 Å². The van der Waals surface area contributed by atoms with Gasteiger partial charge in [0.05, 0.1) is 12.1 Å². The van der Waals surface area contributed by atoms with E-state index in [9.17, 15) is 4.79 Å². The number of aryl methyl sites for hydroxylation is 1. The van der Waals surface area contributed by atoms with Crippen molar-refractivity contribution in [3.63, 3.8) is 0 Å². The van der Waals surface area contributed by atoms with E-state index in [4.69, 9.17) is 5.11 Å². The largest absolute Gasteiger partial charge is 0.481 e. The zero-order valence-corrected chi connectivity index (χ0v) is 7.12. The van der Waals surface area contributed by atoms with E-state index in [2.05, 4.69) is 10.2 Å². The number of carbonyl (C=O) groups is 1. The van der Waals surface area contributed by atoms with Crippen molar-refractivity contribution in [2.24, 2.45) is 0 Å². The van der Waals surface area contributed by atoms with E-state index >= 15 is 0 Å². The zero-order valence-electron chi connectivity index (χ0n) is 6.30. The number of carboxylic acids is 1. The van der Waals surface area contributed by atoms with Gasteiger partial charge in [0.15, 0.2) is 0 Å². The van der Waals surface area contributed by atoms with Crippen LogP contribution in [0, 0.1) is 0 Å². The Morgan fingerprint density at radius 1 is 1.58 bits per heavy atom. The van der Waals surface area contributed by atoms with Gasteiger partial charge in [0.1, 0.15) is 0 Å². The standard InChI is InChI=1S/C7H8N2O2.ClH/c10-7(11)4-3-6-2-1-5-8-9-6;/h1-2,5H,3-4H2,(H,10,11);1H. The fourth-order valence-corrected chi connectivity index (χ4v) is 0.702. The van der Waals surface area contributed by atoms with Crippen LogP contribution in [0.25, 0.3) is 0 Å². The van der Waals surface area contributed by atoms with Gasteiger partial charge in [-0.25, -0.2) is 0 Å². The summed E-state index contributed by atoms with van der Waals surface area (Å²) < 4.78 is 0. The lowest BCUT2D eigenvalue weighted by Crippen LogP contribution is -1.99. The molecule has 0 aliphatic heterocycles. The quantitative estimate of drug-likeness (QED) is 0.766. The Balaban J connectivity index is 0.00000121. The van der Waals surface area contributed by atoms with Crippen LogP contribution in [0.4, 0.5) is 0 Å². The first kappa shape index (κ1) is 10.8. The molecular formula is C7H9ClN2O2. The van der Waals surface area contributed by atoms with E-state index in [-0.39, 0.29) is 18.8 Å². The van der Waals surface area contributed by atoms with Crippen LogP contribution in [0.2, 0.25) is 0 Å². The highest BCUT2D eigenvalue weighted by Gasteiger charge is 1.98. The highest BCUT2D eigenvalue weighted by Crippen LogP contribution is 1.95. The molecule has 4 nitrogen and oxygen atoms in total. The molecule has 0 unspecified atom stereocenters. The summed E-state index contributed by atoms with van der Waals surface area (Å²) in [6.45, 7) is 0. The second-order valence-electron chi connectivity index (χ2n) is 2.11. The van der Waals surface area contributed by atoms with Gasteiger partial charge in [0.2, 0.25) is 0 Å². The minimum absolute atomic E-state index is 0. The Kier molecular flexibility index (Phi) is 4.96. The van der Waals surface area contributed by atoms with E-state index < -0.39 is 5.97 Å². The zero-order chi connectivity index (χ0) is 8.10. The second-order valence-corrected chi connectivity index (χ2v) is 2.11. The van der Waals surface area contributed by atoms with Crippen LogP contribution in [0.15, 0.2) is 18.3 Å². The van der Waals surface area contributed by atoms with Gasteiger partial charge in [0, 0.05) is 12.6 Å². The number of halogens is 1.